The van der Waals surface area contributed by atoms with Crippen LogP contribution in [0.2, 0.25) is 5.02 Å². The van der Waals surface area contributed by atoms with Gasteiger partial charge in [-0.2, -0.15) is 0 Å². The number of alkyl halides is 2. The van der Waals surface area contributed by atoms with Gasteiger partial charge in [-0.25, -0.2) is 21.9 Å². The third-order valence-corrected chi connectivity index (χ3v) is 5.03. The summed E-state index contributed by atoms with van der Waals surface area (Å²) in [5.41, 5.74) is -0.922. The zero-order valence-electron chi connectivity index (χ0n) is 13.2. The molecule has 134 valence electrons. The SMILES string of the molecule is COC(=O)[C@]1(Cc2cccc(Cl)c2)C[C@@H](NS(C)(=O)=O)C(F)(F)C1. The standard InChI is InChI=1S/C15H18ClF2NO4S/c1-23-13(20)14(7-10-4-3-5-11(16)6-10)8-12(15(17,18)9-14)19-24(2,21)22/h3-6,12,19H,7-9H2,1-2H3/t12-,14-/m1/s1. The van der Waals surface area contributed by atoms with Gasteiger partial charge >= 0.3 is 5.97 Å². The largest absolute Gasteiger partial charge is 0.469 e. The average molecular weight is 382 g/mol. The number of halogens is 3. The van der Waals surface area contributed by atoms with Gasteiger partial charge in [-0.05, 0) is 30.5 Å². The molecule has 0 bridgehead atoms. The van der Waals surface area contributed by atoms with Crippen LogP contribution in [-0.2, 0) is 26.0 Å². The van der Waals surface area contributed by atoms with E-state index in [1.165, 1.54) is 0 Å². The van der Waals surface area contributed by atoms with Gasteiger partial charge in [0.15, 0.2) is 0 Å². The molecule has 9 heteroatoms. The number of esters is 1. The minimum Gasteiger partial charge on any atom is -0.469 e. The molecule has 2 atom stereocenters. The van der Waals surface area contributed by atoms with Crippen LogP contribution >= 0.6 is 11.6 Å². The first-order valence-electron chi connectivity index (χ1n) is 7.15. The van der Waals surface area contributed by atoms with E-state index >= 15 is 0 Å². The third-order valence-electron chi connectivity index (χ3n) is 4.09. The molecule has 1 aromatic rings. The Bertz CT molecular complexity index is 741. The zero-order valence-corrected chi connectivity index (χ0v) is 14.8. The Hall–Kier alpha value is -1.25. The maximum absolute atomic E-state index is 14.4. The van der Waals surface area contributed by atoms with Crippen molar-refractivity contribution in [3.8, 4) is 0 Å². The van der Waals surface area contributed by atoms with Gasteiger partial charge in [0, 0.05) is 11.4 Å². The first kappa shape index (κ1) is 19.1. The van der Waals surface area contributed by atoms with E-state index in [9.17, 15) is 22.0 Å². The highest BCUT2D eigenvalue weighted by Gasteiger charge is 2.61. The highest BCUT2D eigenvalue weighted by molar-refractivity contribution is 7.88. The van der Waals surface area contributed by atoms with Crippen molar-refractivity contribution in [1.29, 1.82) is 0 Å². The predicted octanol–water partition coefficient (Wildman–Crippen LogP) is 2.39. The van der Waals surface area contributed by atoms with E-state index in [1.807, 2.05) is 4.72 Å². The summed E-state index contributed by atoms with van der Waals surface area (Å²) in [7, 11) is -2.72. The molecule has 0 spiro atoms. The van der Waals surface area contributed by atoms with Crippen LogP contribution in [-0.4, -0.2) is 39.7 Å². The molecule has 5 nitrogen and oxygen atoms in total. The molecule has 0 unspecified atom stereocenters. The van der Waals surface area contributed by atoms with Crippen LogP contribution in [0.15, 0.2) is 24.3 Å². The van der Waals surface area contributed by atoms with Crippen LogP contribution in [0.1, 0.15) is 18.4 Å². The highest BCUT2D eigenvalue weighted by atomic mass is 35.5. The van der Waals surface area contributed by atoms with E-state index in [0.717, 1.165) is 13.4 Å². The lowest BCUT2D eigenvalue weighted by Gasteiger charge is -2.26. The van der Waals surface area contributed by atoms with Crippen molar-refractivity contribution in [1.82, 2.24) is 4.72 Å². The number of carbonyl (C=O) groups excluding carboxylic acids is 1. The summed E-state index contributed by atoms with van der Waals surface area (Å²) in [6, 6.07) is 4.88. The number of nitrogens with one attached hydrogen (secondary N) is 1. The average Bonchev–Trinajstić information content (AvgIpc) is 2.67. The first-order valence-corrected chi connectivity index (χ1v) is 9.42. The van der Waals surface area contributed by atoms with Crippen molar-refractivity contribution in [2.75, 3.05) is 13.4 Å². The maximum atomic E-state index is 14.4. The van der Waals surface area contributed by atoms with Crippen molar-refractivity contribution >= 4 is 27.6 Å². The van der Waals surface area contributed by atoms with Crippen LogP contribution in [0, 0.1) is 5.41 Å². The molecule has 1 fully saturated rings. The molecule has 0 heterocycles. The molecule has 0 saturated heterocycles. The number of sulfonamides is 1. The first-order chi connectivity index (χ1) is 11.0. The summed E-state index contributed by atoms with van der Waals surface area (Å²) < 4.78 is 58.1. The maximum Gasteiger partial charge on any atom is 0.312 e. The van der Waals surface area contributed by atoms with Gasteiger partial charge in [-0.3, -0.25) is 4.79 Å². The van der Waals surface area contributed by atoms with Gasteiger partial charge in [0.25, 0.3) is 5.92 Å². The normalized spacial score (nSPS) is 26.3. The van der Waals surface area contributed by atoms with E-state index in [4.69, 9.17) is 16.3 Å². The summed E-state index contributed by atoms with van der Waals surface area (Å²) >= 11 is 5.90. The molecular formula is C15H18ClF2NO4S. The molecule has 1 N–H and O–H groups in total. The second kappa shape index (κ2) is 6.57. The lowest BCUT2D eigenvalue weighted by Crippen LogP contribution is -2.43. The summed E-state index contributed by atoms with van der Waals surface area (Å²) in [5, 5.41) is 0.420. The van der Waals surface area contributed by atoms with Gasteiger partial charge in [0.1, 0.15) is 0 Å². The number of ether oxygens (including phenoxy) is 1. The third kappa shape index (κ3) is 4.23. The van der Waals surface area contributed by atoms with Gasteiger partial charge in [0.05, 0.1) is 24.8 Å². The van der Waals surface area contributed by atoms with Crippen LogP contribution in [0.3, 0.4) is 0 Å². The number of hydrogen-bond acceptors (Lipinski definition) is 4. The summed E-state index contributed by atoms with van der Waals surface area (Å²) in [4.78, 5) is 12.3. The number of rotatable bonds is 5. The summed E-state index contributed by atoms with van der Waals surface area (Å²) in [6.07, 6.45) is -0.366. The molecule has 24 heavy (non-hydrogen) atoms. The molecule has 1 saturated carbocycles. The van der Waals surface area contributed by atoms with Crippen molar-refractivity contribution < 1.29 is 26.7 Å². The minimum absolute atomic E-state index is 0.0161. The zero-order chi connectivity index (χ0) is 18.2. The van der Waals surface area contributed by atoms with E-state index in [2.05, 4.69) is 0 Å². The molecule has 1 aliphatic carbocycles. The van der Waals surface area contributed by atoms with E-state index in [0.29, 0.717) is 10.6 Å². The van der Waals surface area contributed by atoms with Gasteiger partial charge in [0.2, 0.25) is 10.0 Å². The lowest BCUT2D eigenvalue weighted by atomic mass is 9.79. The monoisotopic (exact) mass is 381 g/mol. The molecule has 2 rings (SSSR count). The number of benzene rings is 1. The van der Waals surface area contributed by atoms with Crippen LogP contribution < -0.4 is 4.72 Å². The van der Waals surface area contributed by atoms with Gasteiger partial charge < -0.3 is 4.74 Å². The highest BCUT2D eigenvalue weighted by Crippen LogP contribution is 2.50. The van der Waals surface area contributed by atoms with E-state index in [1.54, 1.807) is 24.3 Å². The number of methoxy groups -OCH3 is 1. The molecule has 1 aromatic carbocycles. The Labute approximate surface area is 144 Å². The van der Waals surface area contributed by atoms with Gasteiger partial charge in [-0.15, -0.1) is 0 Å². The van der Waals surface area contributed by atoms with Crippen molar-refractivity contribution in [3.63, 3.8) is 0 Å². The predicted molar refractivity (Wildman–Crippen MR) is 85.6 cm³/mol. The molecule has 0 amide bonds. The van der Waals surface area contributed by atoms with E-state index < -0.39 is 39.8 Å². The Morgan fingerprint density at radius 2 is 2.12 bits per heavy atom. The second-order valence-corrected chi connectivity index (χ2v) is 8.38. The Kier molecular flexibility index (Phi) is 5.22. The van der Waals surface area contributed by atoms with Gasteiger partial charge in [-0.1, -0.05) is 23.7 Å². The molecule has 1 aliphatic rings. The fraction of sp³-hybridized carbons (Fsp3) is 0.533. The number of hydrogen-bond donors (Lipinski definition) is 1. The van der Waals surface area contributed by atoms with Crippen molar-refractivity contribution in [2.45, 2.75) is 31.2 Å². The smallest absolute Gasteiger partial charge is 0.312 e. The number of carbonyl (C=O) groups is 1. The fourth-order valence-corrected chi connectivity index (χ4v) is 4.17. The Balaban J connectivity index is 2.37. The second-order valence-electron chi connectivity index (χ2n) is 6.16. The van der Waals surface area contributed by atoms with Crippen LogP contribution in [0.25, 0.3) is 0 Å². The summed E-state index contributed by atoms with van der Waals surface area (Å²) in [5.74, 6) is -4.16. The molecule has 0 radical (unpaired) electrons. The molecule has 0 aromatic heterocycles. The Morgan fingerprint density at radius 1 is 1.46 bits per heavy atom. The minimum atomic E-state index is -3.84. The Morgan fingerprint density at radius 3 is 2.67 bits per heavy atom. The van der Waals surface area contributed by atoms with Crippen LogP contribution in [0.5, 0.6) is 0 Å². The van der Waals surface area contributed by atoms with Crippen molar-refractivity contribution in [2.24, 2.45) is 5.41 Å². The fourth-order valence-electron chi connectivity index (χ4n) is 3.19. The molecule has 0 aliphatic heterocycles. The van der Waals surface area contributed by atoms with Crippen molar-refractivity contribution in [3.05, 3.63) is 34.9 Å². The topological polar surface area (TPSA) is 72.5 Å². The summed E-state index contributed by atoms with van der Waals surface area (Å²) in [6.45, 7) is 0. The van der Waals surface area contributed by atoms with Crippen LogP contribution in [0.4, 0.5) is 8.78 Å². The lowest BCUT2D eigenvalue weighted by molar-refractivity contribution is -0.154. The quantitative estimate of drug-likeness (QED) is 0.795. The molecular weight excluding hydrogens is 364 g/mol. The van der Waals surface area contributed by atoms with E-state index in [-0.39, 0.29) is 12.8 Å².